The molecule has 2 saturated heterocycles. The van der Waals surface area contributed by atoms with Gasteiger partial charge in [0.05, 0.1) is 18.8 Å². The normalized spacial score (nSPS) is 28.1. The first kappa shape index (κ1) is 22.3. The monoisotopic (exact) mass is 424 g/mol. The Labute approximate surface area is 186 Å². The first-order valence-corrected chi connectivity index (χ1v) is 11.7. The lowest BCUT2D eigenvalue weighted by atomic mass is 9.89. The lowest BCUT2D eigenvalue weighted by molar-refractivity contribution is -0.276. The predicted molar refractivity (Wildman–Crippen MR) is 123 cm³/mol. The molecule has 168 valence electrons. The first-order chi connectivity index (χ1) is 15.1. The molecule has 0 spiro atoms. The van der Waals surface area contributed by atoms with E-state index >= 15 is 0 Å². The summed E-state index contributed by atoms with van der Waals surface area (Å²) in [5.74, 6) is 0.211. The molecule has 0 aromatic heterocycles. The van der Waals surface area contributed by atoms with Crippen LogP contribution in [0.2, 0.25) is 0 Å². The number of anilines is 1. The van der Waals surface area contributed by atoms with Crippen molar-refractivity contribution in [2.24, 2.45) is 5.92 Å². The minimum absolute atomic E-state index is 0.0496. The molecule has 2 aromatic carbocycles. The van der Waals surface area contributed by atoms with Gasteiger partial charge in [0.2, 0.25) is 0 Å². The molecule has 2 heterocycles. The van der Waals surface area contributed by atoms with E-state index in [0.29, 0.717) is 5.69 Å². The van der Waals surface area contributed by atoms with Crippen LogP contribution >= 0.6 is 0 Å². The molecule has 0 amide bonds. The van der Waals surface area contributed by atoms with Gasteiger partial charge in [0.15, 0.2) is 6.29 Å². The number of nitrogens with two attached hydrogens (primary N) is 1. The molecule has 1 unspecified atom stereocenters. The number of aliphatic hydroxyl groups is 1. The zero-order valence-corrected chi connectivity index (χ0v) is 18.6. The van der Waals surface area contributed by atoms with Gasteiger partial charge in [0.25, 0.3) is 0 Å². The molecule has 2 aliphatic rings. The molecule has 31 heavy (non-hydrogen) atoms. The van der Waals surface area contributed by atoms with Crippen LogP contribution < -0.4 is 5.73 Å². The third-order valence-corrected chi connectivity index (χ3v) is 6.69. The molecule has 4 rings (SSSR count). The molecule has 5 heteroatoms. The molecule has 0 radical (unpaired) electrons. The standard InChI is InChI=1S/C26H36N2O3/c1-19-24(17-28-14-5-3-2-4-6-15-28)30-26(22-8-7-9-23(27)16-22)31-25(19)21-12-10-20(18-29)11-13-21/h7-13,16,19,24-26,29H,2-6,14-15,17-18,27H2,1H3/t19-,24+,25+,26?/m0/s1. The van der Waals surface area contributed by atoms with Crippen molar-refractivity contribution in [2.75, 3.05) is 25.4 Å². The maximum absolute atomic E-state index is 9.41. The van der Waals surface area contributed by atoms with Gasteiger partial charge in [0.1, 0.15) is 0 Å². The Balaban J connectivity index is 1.57. The third kappa shape index (κ3) is 5.66. The number of nitrogens with zero attached hydrogens (tertiary/aromatic N) is 1. The van der Waals surface area contributed by atoms with E-state index in [1.807, 2.05) is 36.4 Å². The molecule has 2 aromatic rings. The third-order valence-electron chi connectivity index (χ3n) is 6.69. The number of ether oxygens (including phenoxy) is 2. The second kappa shape index (κ2) is 10.6. The van der Waals surface area contributed by atoms with E-state index in [0.717, 1.165) is 36.3 Å². The van der Waals surface area contributed by atoms with Crippen LogP contribution in [-0.4, -0.2) is 35.7 Å². The number of likely N-dealkylation sites (tertiary alicyclic amines) is 1. The van der Waals surface area contributed by atoms with Crippen molar-refractivity contribution < 1.29 is 14.6 Å². The van der Waals surface area contributed by atoms with Crippen molar-refractivity contribution in [3.8, 4) is 0 Å². The molecule has 0 saturated carbocycles. The molecule has 2 fully saturated rings. The van der Waals surface area contributed by atoms with Gasteiger partial charge in [-0.15, -0.1) is 0 Å². The van der Waals surface area contributed by atoms with Crippen LogP contribution in [0.4, 0.5) is 5.69 Å². The van der Waals surface area contributed by atoms with Gasteiger partial charge in [0, 0.05) is 23.7 Å². The highest BCUT2D eigenvalue weighted by molar-refractivity contribution is 5.41. The highest BCUT2D eigenvalue weighted by Crippen LogP contribution is 2.42. The molecule has 2 aliphatic heterocycles. The fraction of sp³-hybridized carbons (Fsp3) is 0.538. The maximum Gasteiger partial charge on any atom is 0.185 e. The minimum atomic E-state index is -0.443. The Morgan fingerprint density at radius 1 is 0.935 bits per heavy atom. The summed E-state index contributed by atoms with van der Waals surface area (Å²) in [6, 6.07) is 15.9. The highest BCUT2D eigenvalue weighted by atomic mass is 16.7. The molecular weight excluding hydrogens is 388 g/mol. The van der Waals surface area contributed by atoms with Crippen LogP contribution in [0.25, 0.3) is 0 Å². The van der Waals surface area contributed by atoms with E-state index in [9.17, 15) is 5.11 Å². The molecule has 0 bridgehead atoms. The Kier molecular flexibility index (Phi) is 7.62. The summed E-state index contributed by atoms with van der Waals surface area (Å²) in [6.45, 7) is 5.50. The summed E-state index contributed by atoms with van der Waals surface area (Å²) in [7, 11) is 0. The van der Waals surface area contributed by atoms with Gasteiger partial charge in [-0.25, -0.2) is 0 Å². The summed E-state index contributed by atoms with van der Waals surface area (Å²) >= 11 is 0. The zero-order valence-electron chi connectivity index (χ0n) is 18.6. The van der Waals surface area contributed by atoms with Crippen molar-refractivity contribution in [1.82, 2.24) is 4.90 Å². The minimum Gasteiger partial charge on any atom is -0.399 e. The topological polar surface area (TPSA) is 68.0 Å². The van der Waals surface area contributed by atoms with E-state index in [1.165, 1.54) is 32.1 Å². The van der Waals surface area contributed by atoms with Crippen molar-refractivity contribution >= 4 is 5.69 Å². The molecular formula is C26H36N2O3. The Bertz CT molecular complexity index is 818. The summed E-state index contributed by atoms with van der Waals surface area (Å²) in [4.78, 5) is 2.58. The summed E-state index contributed by atoms with van der Waals surface area (Å²) < 4.78 is 13.1. The van der Waals surface area contributed by atoms with Gasteiger partial charge in [-0.2, -0.15) is 0 Å². The highest BCUT2D eigenvalue weighted by Gasteiger charge is 2.39. The zero-order chi connectivity index (χ0) is 21.6. The van der Waals surface area contributed by atoms with Crippen LogP contribution in [-0.2, 0) is 16.1 Å². The average Bonchev–Trinajstić information content (AvgIpc) is 2.77. The fourth-order valence-electron chi connectivity index (χ4n) is 4.78. The smallest absolute Gasteiger partial charge is 0.185 e. The van der Waals surface area contributed by atoms with Gasteiger partial charge >= 0.3 is 0 Å². The Hall–Kier alpha value is -1.92. The summed E-state index contributed by atoms with van der Waals surface area (Å²) in [5.41, 5.74) is 9.75. The van der Waals surface area contributed by atoms with E-state index in [1.54, 1.807) is 0 Å². The van der Waals surface area contributed by atoms with Gasteiger partial charge in [-0.3, -0.25) is 0 Å². The van der Waals surface area contributed by atoms with Crippen molar-refractivity contribution in [3.05, 3.63) is 65.2 Å². The van der Waals surface area contributed by atoms with E-state index in [4.69, 9.17) is 15.2 Å². The number of hydrogen-bond acceptors (Lipinski definition) is 5. The van der Waals surface area contributed by atoms with Crippen molar-refractivity contribution in [1.29, 1.82) is 0 Å². The summed E-state index contributed by atoms with van der Waals surface area (Å²) in [5, 5.41) is 9.41. The average molecular weight is 425 g/mol. The second-order valence-electron chi connectivity index (χ2n) is 9.06. The Morgan fingerprint density at radius 2 is 1.65 bits per heavy atom. The Morgan fingerprint density at radius 3 is 2.32 bits per heavy atom. The van der Waals surface area contributed by atoms with E-state index < -0.39 is 6.29 Å². The lowest BCUT2D eigenvalue weighted by Crippen LogP contribution is -2.45. The van der Waals surface area contributed by atoms with Crippen LogP contribution in [0.15, 0.2) is 48.5 Å². The van der Waals surface area contributed by atoms with Gasteiger partial charge in [-0.05, 0) is 49.2 Å². The number of rotatable bonds is 5. The van der Waals surface area contributed by atoms with E-state index in [-0.39, 0.29) is 24.7 Å². The largest absolute Gasteiger partial charge is 0.399 e. The second-order valence-corrected chi connectivity index (χ2v) is 9.06. The maximum atomic E-state index is 9.41. The lowest BCUT2D eigenvalue weighted by Gasteiger charge is -2.43. The van der Waals surface area contributed by atoms with Crippen LogP contribution in [0.1, 0.15) is 68.1 Å². The molecule has 4 atom stereocenters. The van der Waals surface area contributed by atoms with Crippen molar-refractivity contribution in [3.63, 3.8) is 0 Å². The molecule has 0 aliphatic carbocycles. The van der Waals surface area contributed by atoms with Crippen LogP contribution in [0.3, 0.4) is 0 Å². The number of benzene rings is 2. The number of aliphatic hydroxyl groups excluding tert-OH is 1. The van der Waals surface area contributed by atoms with Gasteiger partial charge in [-0.1, -0.05) is 62.6 Å². The number of nitrogen functional groups attached to an aromatic ring is 1. The SMILES string of the molecule is C[C@H]1[C@@H](CN2CCCCCCC2)OC(c2cccc(N)c2)O[C@H]1c1ccc(CO)cc1. The molecule has 5 nitrogen and oxygen atoms in total. The van der Waals surface area contributed by atoms with Crippen LogP contribution in [0.5, 0.6) is 0 Å². The van der Waals surface area contributed by atoms with E-state index in [2.05, 4.69) is 24.0 Å². The first-order valence-electron chi connectivity index (χ1n) is 11.7. The van der Waals surface area contributed by atoms with Crippen molar-refractivity contribution in [2.45, 2.75) is 64.1 Å². The number of hydrogen-bond donors (Lipinski definition) is 2. The fourth-order valence-corrected chi connectivity index (χ4v) is 4.78. The van der Waals surface area contributed by atoms with Crippen LogP contribution in [0, 0.1) is 5.92 Å². The predicted octanol–water partition coefficient (Wildman–Crippen LogP) is 4.82. The summed E-state index contributed by atoms with van der Waals surface area (Å²) in [6.07, 6.45) is 6.10. The quantitative estimate of drug-likeness (QED) is 0.674. The van der Waals surface area contributed by atoms with Gasteiger partial charge < -0.3 is 25.2 Å². The molecule has 3 N–H and O–H groups in total.